The monoisotopic (exact) mass is 345 g/mol. The van der Waals surface area contributed by atoms with Crippen LogP contribution in [0.4, 0.5) is 11.4 Å². The van der Waals surface area contributed by atoms with Crippen LogP contribution in [0.25, 0.3) is 5.69 Å². The van der Waals surface area contributed by atoms with Crippen LogP contribution < -0.4 is 10.2 Å². The molecule has 2 heterocycles. The van der Waals surface area contributed by atoms with Crippen LogP contribution in [0.5, 0.6) is 0 Å². The molecule has 26 heavy (non-hydrogen) atoms. The van der Waals surface area contributed by atoms with Gasteiger partial charge in [-0.1, -0.05) is 24.3 Å². The molecule has 0 radical (unpaired) electrons. The highest BCUT2D eigenvalue weighted by Crippen LogP contribution is 2.28. The Morgan fingerprint density at radius 2 is 1.58 bits per heavy atom. The summed E-state index contributed by atoms with van der Waals surface area (Å²) in [5.74, 6) is 0.0189. The number of nitrogens with zero attached hydrogens (tertiary/aromatic N) is 2. The van der Waals surface area contributed by atoms with E-state index in [-0.39, 0.29) is 5.91 Å². The number of amides is 1. The van der Waals surface area contributed by atoms with Gasteiger partial charge in [0.1, 0.15) is 0 Å². The molecule has 1 aromatic heterocycles. The zero-order valence-corrected chi connectivity index (χ0v) is 14.8. The van der Waals surface area contributed by atoms with Gasteiger partial charge in [-0.3, -0.25) is 4.79 Å². The van der Waals surface area contributed by atoms with E-state index in [1.165, 1.54) is 12.8 Å². The third kappa shape index (κ3) is 3.64. The van der Waals surface area contributed by atoms with Crippen molar-refractivity contribution in [2.45, 2.75) is 19.3 Å². The van der Waals surface area contributed by atoms with Crippen LogP contribution in [0.3, 0.4) is 0 Å². The summed E-state index contributed by atoms with van der Waals surface area (Å²) in [4.78, 5) is 14.9. The number of hydrogen-bond acceptors (Lipinski definition) is 2. The number of para-hydroxylation sites is 2. The molecule has 2 aromatic carbocycles. The minimum atomic E-state index is 0.0189. The van der Waals surface area contributed by atoms with E-state index < -0.39 is 0 Å². The highest BCUT2D eigenvalue weighted by Gasteiger charge is 2.16. The van der Waals surface area contributed by atoms with E-state index in [4.69, 9.17) is 0 Å². The summed E-state index contributed by atoms with van der Waals surface area (Å²) in [6, 6.07) is 20.2. The van der Waals surface area contributed by atoms with Crippen molar-refractivity contribution in [1.29, 1.82) is 0 Å². The maximum absolute atomic E-state index is 12.5. The van der Waals surface area contributed by atoms with Gasteiger partial charge in [0.2, 0.25) is 5.91 Å². The molecule has 1 N–H and O–H groups in total. The molecule has 1 aliphatic rings. The van der Waals surface area contributed by atoms with E-state index in [9.17, 15) is 4.79 Å². The average molecular weight is 345 g/mol. The molecule has 0 bridgehead atoms. The minimum absolute atomic E-state index is 0.0189. The van der Waals surface area contributed by atoms with Crippen molar-refractivity contribution in [2.75, 3.05) is 23.3 Å². The van der Waals surface area contributed by atoms with Gasteiger partial charge in [-0.2, -0.15) is 0 Å². The second-order valence-electron chi connectivity index (χ2n) is 6.69. The van der Waals surface area contributed by atoms with E-state index in [1.807, 2.05) is 67.0 Å². The van der Waals surface area contributed by atoms with Gasteiger partial charge in [0.05, 0.1) is 17.8 Å². The van der Waals surface area contributed by atoms with Gasteiger partial charge >= 0.3 is 0 Å². The first-order chi connectivity index (χ1) is 12.8. The molecular weight excluding hydrogens is 322 g/mol. The molecule has 0 spiro atoms. The lowest BCUT2D eigenvalue weighted by atomic mass is 10.1. The molecule has 1 fully saturated rings. The van der Waals surface area contributed by atoms with E-state index in [2.05, 4.69) is 20.9 Å². The molecule has 4 heteroatoms. The largest absolute Gasteiger partial charge is 0.370 e. The summed E-state index contributed by atoms with van der Waals surface area (Å²) in [6.45, 7) is 2.13. The Kier molecular flexibility index (Phi) is 4.73. The first-order valence-electron chi connectivity index (χ1n) is 9.16. The van der Waals surface area contributed by atoms with Gasteiger partial charge in [-0.15, -0.1) is 0 Å². The Bertz CT molecular complexity index is 863. The molecule has 0 aliphatic carbocycles. The van der Waals surface area contributed by atoms with Gasteiger partial charge < -0.3 is 14.8 Å². The highest BCUT2D eigenvalue weighted by molar-refractivity contribution is 5.95. The number of hydrogen-bond donors (Lipinski definition) is 1. The van der Waals surface area contributed by atoms with Gasteiger partial charge in [-0.25, -0.2) is 0 Å². The number of benzene rings is 2. The predicted octanol–water partition coefficient (Wildman–Crippen LogP) is 4.26. The van der Waals surface area contributed by atoms with Crippen LogP contribution >= 0.6 is 0 Å². The molecule has 0 saturated carbocycles. The zero-order chi connectivity index (χ0) is 17.8. The lowest BCUT2D eigenvalue weighted by molar-refractivity contribution is -0.115. The van der Waals surface area contributed by atoms with Gasteiger partial charge in [0, 0.05) is 31.2 Å². The van der Waals surface area contributed by atoms with Crippen molar-refractivity contribution in [3.8, 4) is 5.69 Å². The summed E-state index contributed by atoms with van der Waals surface area (Å²) in [5, 5.41) is 3.09. The van der Waals surface area contributed by atoms with Crippen LogP contribution in [0, 0.1) is 0 Å². The van der Waals surface area contributed by atoms with Crippen molar-refractivity contribution in [3.05, 3.63) is 78.6 Å². The Morgan fingerprint density at radius 3 is 2.31 bits per heavy atom. The van der Waals surface area contributed by atoms with Crippen LogP contribution in [0.2, 0.25) is 0 Å². The molecule has 1 amide bonds. The average Bonchev–Trinajstić information content (AvgIpc) is 3.37. The van der Waals surface area contributed by atoms with Crippen molar-refractivity contribution in [1.82, 2.24) is 4.57 Å². The molecular formula is C22H23N3O. The predicted molar refractivity (Wildman–Crippen MR) is 106 cm³/mol. The molecule has 4 nitrogen and oxygen atoms in total. The second kappa shape index (κ2) is 7.48. The summed E-state index contributed by atoms with van der Waals surface area (Å²) < 4.78 is 2.05. The van der Waals surface area contributed by atoms with E-state index in [0.29, 0.717) is 6.42 Å². The van der Waals surface area contributed by atoms with Gasteiger partial charge in [-0.05, 0) is 54.8 Å². The molecule has 1 saturated heterocycles. The normalized spacial score (nSPS) is 13.8. The van der Waals surface area contributed by atoms with Gasteiger partial charge in [0.25, 0.3) is 0 Å². The Morgan fingerprint density at radius 1 is 0.885 bits per heavy atom. The lowest BCUT2D eigenvalue weighted by Crippen LogP contribution is -2.21. The Labute approximate surface area is 154 Å². The lowest BCUT2D eigenvalue weighted by Gasteiger charge is -2.21. The van der Waals surface area contributed by atoms with Crippen molar-refractivity contribution < 1.29 is 4.79 Å². The molecule has 132 valence electrons. The van der Waals surface area contributed by atoms with Crippen molar-refractivity contribution in [2.24, 2.45) is 0 Å². The summed E-state index contributed by atoms with van der Waals surface area (Å²) >= 11 is 0. The summed E-state index contributed by atoms with van der Waals surface area (Å²) in [5.41, 5.74) is 4.14. The fourth-order valence-corrected chi connectivity index (χ4v) is 3.49. The summed E-state index contributed by atoms with van der Waals surface area (Å²) in [7, 11) is 0. The van der Waals surface area contributed by atoms with Crippen LogP contribution in [0.1, 0.15) is 18.4 Å². The number of rotatable bonds is 5. The number of carbonyl (C=O) groups excluding carboxylic acids is 1. The maximum atomic E-state index is 12.5. The van der Waals surface area contributed by atoms with Crippen molar-refractivity contribution in [3.63, 3.8) is 0 Å². The minimum Gasteiger partial charge on any atom is -0.370 e. The quantitative estimate of drug-likeness (QED) is 0.750. The molecule has 4 rings (SSSR count). The second-order valence-corrected chi connectivity index (χ2v) is 6.69. The van der Waals surface area contributed by atoms with E-state index >= 15 is 0 Å². The number of nitrogens with one attached hydrogen (secondary N) is 1. The topological polar surface area (TPSA) is 37.3 Å². The van der Waals surface area contributed by atoms with E-state index in [0.717, 1.165) is 35.7 Å². The fourth-order valence-electron chi connectivity index (χ4n) is 3.49. The molecule has 3 aromatic rings. The highest BCUT2D eigenvalue weighted by atomic mass is 16.1. The maximum Gasteiger partial charge on any atom is 0.228 e. The number of carbonyl (C=O) groups is 1. The first kappa shape index (κ1) is 16.5. The molecule has 1 aliphatic heterocycles. The number of aromatic nitrogens is 1. The fraction of sp³-hybridized carbons (Fsp3) is 0.227. The van der Waals surface area contributed by atoms with Crippen LogP contribution in [-0.4, -0.2) is 23.6 Å². The Hall–Kier alpha value is -3.01. The van der Waals surface area contributed by atoms with E-state index in [1.54, 1.807) is 0 Å². The van der Waals surface area contributed by atoms with Crippen LogP contribution in [0.15, 0.2) is 73.1 Å². The Balaban J connectivity index is 1.43. The SMILES string of the molecule is O=C(Cc1ccc(-n2cccc2)cc1)Nc1ccccc1N1CCCC1. The third-order valence-corrected chi connectivity index (χ3v) is 4.83. The summed E-state index contributed by atoms with van der Waals surface area (Å²) in [6.07, 6.45) is 6.83. The first-order valence-corrected chi connectivity index (χ1v) is 9.16. The van der Waals surface area contributed by atoms with Crippen LogP contribution in [-0.2, 0) is 11.2 Å². The van der Waals surface area contributed by atoms with Gasteiger partial charge in [0.15, 0.2) is 0 Å². The van der Waals surface area contributed by atoms with Crippen molar-refractivity contribution >= 4 is 17.3 Å². The smallest absolute Gasteiger partial charge is 0.228 e. The number of anilines is 2. The third-order valence-electron chi connectivity index (χ3n) is 4.83. The molecule has 0 unspecified atom stereocenters. The zero-order valence-electron chi connectivity index (χ0n) is 14.8. The molecule has 0 atom stereocenters. The standard InChI is InChI=1S/C22H23N3O/c26-22(17-18-9-11-19(12-10-18)24-13-3-4-14-24)23-20-7-1-2-8-21(20)25-15-5-6-16-25/h1-4,7-14H,5-6,15-17H2,(H,23,26).